The molecule has 22 heavy (non-hydrogen) atoms. The predicted octanol–water partition coefficient (Wildman–Crippen LogP) is 2.65. The van der Waals surface area contributed by atoms with E-state index in [9.17, 15) is 24.1 Å². The number of hydrogen-bond acceptors (Lipinski definition) is 5. The Hall–Kier alpha value is -2.51. The first-order valence-corrected chi connectivity index (χ1v) is 6.75. The topological polar surface area (TPSA) is 98.5 Å². The highest BCUT2D eigenvalue weighted by molar-refractivity contribution is 5.93. The minimum Gasteiger partial charge on any atom is -0.455 e. The number of amides is 1. The van der Waals surface area contributed by atoms with Crippen molar-refractivity contribution in [3.05, 3.63) is 34.1 Å². The van der Waals surface area contributed by atoms with E-state index in [1.54, 1.807) is 6.92 Å². The zero-order valence-electron chi connectivity index (χ0n) is 12.3. The number of benzene rings is 1. The van der Waals surface area contributed by atoms with E-state index in [2.05, 4.69) is 5.32 Å². The van der Waals surface area contributed by atoms with Gasteiger partial charge >= 0.3 is 5.97 Å². The molecule has 120 valence electrons. The first-order valence-electron chi connectivity index (χ1n) is 6.75. The third kappa shape index (κ3) is 5.12. The largest absolute Gasteiger partial charge is 0.455 e. The Balaban J connectivity index is 2.60. The summed E-state index contributed by atoms with van der Waals surface area (Å²) >= 11 is 0. The maximum Gasteiger partial charge on any atom is 0.309 e. The number of nitrogens with zero attached hydrogens (tertiary/aromatic N) is 1. The average molecular weight is 312 g/mol. The number of nitro groups is 1. The van der Waals surface area contributed by atoms with Crippen LogP contribution in [-0.4, -0.2) is 23.4 Å². The van der Waals surface area contributed by atoms with Crippen LogP contribution in [0.2, 0.25) is 0 Å². The number of non-ortho nitro benzene ring substituents is 1. The number of carbonyl (C=O) groups is 2. The van der Waals surface area contributed by atoms with Crippen LogP contribution >= 0.6 is 0 Å². The number of nitrogens with one attached hydrogen (secondary N) is 1. The van der Waals surface area contributed by atoms with E-state index in [0.29, 0.717) is 6.42 Å². The highest BCUT2D eigenvalue weighted by atomic mass is 19.1. The fraction of sp³-hybridized carbons (Fsp3) is 0.429. The van der Waals surface area contributed by atoms with Gasteiger partial charge in [0.15, 0.2) is 6.61 Å². The van der Waals surface area contributed by atoms with Gasteiger partial charge in [0, 0.05) is 12.1 Å². The first kappa shape index (κ1) is 17.5. The lowest BCUT2D eigenvalue weighted by atomic mass is 10.1. The van der Waals surface area contributed by atoms with Crippen molar-refractivity contribution in [2.24, 2.45) is 5.92 Å². The van der Waals surface area contributed by atoms with E-state index in [4.69, 9.17) is 4.74 Å². The van der Waals surface area contributed by atoms with E-state index < -0.39 is 29.2 Å². The van der Waals surface area contributed by atoms with E-state index in [-0.39, 0.29) is 17.3 Å². The van der Waals surface area contributed by atoms with Crippen molar-refractivity contribution in [2.75, 3.05) is 11.9 Å². The average Bonchev–Trinajstić information content (AvgIpc) is 2.47. The summed E-state index contributed by atoms with van der Waals surface area (Å²) in [5.41, 5.74) is -0.692. The Morgan fingerprint density at radius 3 is 2.73 bits per heavy atom. The van der Waals surface area contributed by atoms with Crippen LogP contribution in [-0.2, 0) is 14.3 Å². The van der Waals surface area contributed by atoms with Gasteiger partial charge in [-0.15, -0.1) is 0 Å². The van der Waals surface area contributed by atoms with Crippen LogP contribution < -0.4 is 5.32 Å². The van der Waals surface area contributed by atoms with Gasteiger partial charge < -0.3 is 10.1 Å². The van der Waals surface area contributed by atoms with Crippen molar-refractivity contribution in [2.45, 2.75) is 26.7 Å². The van der Waals surface area contributed by atoms with Crippen LogP contribution in [0.25, 0.3) is 0 Å². The molecular formula is C14H17FN2O5. The molecule has 1 aromatic rings. The van der Waals surface area contributed by atoms with Crippen LogP contribution in [0.5, 0.6) is 0 Å². The first-order chi connectivity index (χ1) is 10.3. The SMILES string of the molecule is CCC[C@@H](C)C(=O)OCC(=O)Nc1cc([N+](=O)[O-])ccc1F. The third-order valence-corrected chi connectivity index (χ3v) is 2.90. The predicted molar refractivity (Wildman–Crippen MR) is 76.7 cm³/mol. The third-order valence-electron chi connectivity index (χ3n) is 2.90. The number of nitro benzene ring substituents is 1. The van der Waals surface area contributed by atoms with Gasteiger partial charge in [0.1, 0.15) is 5.82 Å². The molecule has 0 spiro atoms. The maximum atomic E-state index is 13.5. The van der Waals surface area contributed by atoms with Gasteiger partial charge in [-0.2, -0.15) is 0 Å². The highest BCUT2D eigenvalue weighted by Gasteiger charge is 2.17. The number of esters is 1. The molecule has 0 aromatic heterocycles. The molecule has 7 nitrogen and oxygen atoms in total. The zero-order valence-corrected chi connectivity index (χ0v) is 12.3. The molecular weight excluding hydrogens is 295 g/mol. The number of ether oxygens (including phenoxy) is 1. The van der Waals surface area contributed by atoms with Crippen LogP contribution in [0.4, 0.5) is 15.8 Å². The molecule has 1 N–H and O–H groups in total. The van der Waals surface area contributed by atoms with Gasteiger partial charge in [-0.3, -0.25) is 19.7 Å². The van der Waals surface area contributed by atoms with Crippen molar-refractivity contribution in [3.63, 3.8) is 0 Å². The van der Waals surface area contributed by atoms with Gasteiger partial charge in [0.25, 0.3) is 11.6 Å². The molecule has 1 atom stereocenters. The standard InChI is InChI=1S/C14H17FN2O5/c1-3-4-9(2)14(19)22-8-13(18)16-12-7-10(17(20)21)5-6-11(12)15/h5-7,9H,3-4,8H2,1-2H3,(H,16,18)/t9-/m1/s1. The van der Waals surface area contributed by atoms with Gasteiger partial charge in [0.2, 0.25) is 0 Å². The summed E-state index contributed by atoms with van der Waals surface area (Å²) in [4.78, 5) is 33.0. The molecule has 8 heteroatoms. The van der Waals surface area contributed by atoms with Crippen LogP contribution in [0.15, 0.2) is 18.2 Å². The van der Waals surface area contributed by atoms with Crippen LogP contribution in [0.1, 0.15) is 26.7 Å². The summed E-state index contributed by atoms with van der Waals surface area (Å²) in [6, 6.07) is 2.76. The molecule has 0 radical (unpaired) electrons. The molecule has 1 aromatic carbocycles. The van der Waals surface area contributed by atoms with Gasteiger partial charge in [-0.25, -0.2) is 4.39 Å². The van der Waals surface area contributed by atoms with Gasteiger partial charge in [-0.05, 0) is 12.5 Å². The van der Waals surface area contributed by atoms with Crippen LogP contribution in [0.3, 0.4) is 0 Å². The molecule has 0 fully saturated rings. The summed E-state index contributed by atoms with van der Waals surface area (Å²) in [5.74, 6) is -2.43. The summed E-state index contributed by atoms with van der Waals surface area (Å²) in [5, 5.41) is 12.7. The minimum atomic E-state index is -0.815. The molecule has 0 aliphatic heterocycles. The second-order valence-corrected chi connectivity index (χ2v) is 4.77. The van der Waals surface area contributed by atoms with Crippen molar-refractivity contribution in [1.29, 1.82) is 0 Å². The van der Waals surface area contributed by atoms with Crippen molar-refractivity contribution < 1.29 is 23.6 Å². The Bertz CT molecular complexity index is 576. The Labute approximate surface area is 126 Å². The molecule has 0 saturated heterocycles. The lowest BCUT2D eigenvalue weighted by molar-refractivity contribution is -0.384. The quantitative estimate of drug-likeness (QED) is 0.474. The van der Waals surface area contributed by atoms with Gasteiger partial charge in [-0.1, -0.05) is 20.3 Å². The maximum absolute atomic E-state index is 13.5. The molecule has 0 aliphatic carbocycles. The summed E-state index contributed by atoms with van der Waals surface area (Å²) in [6.45, 7) is 3.03. The number of carbonyl (C=O) groups excluding carboxylic acids is 2. The summed E-state index contributed by atoms with van der Waals surface area (Å²) in [7, 11) is 0. The van der Waals surface area contributed by atoms with E-state index in [1.165, 1.54) is 0 Å². The fourth-order valence-electron chi connectivity index (χ4n) is 1.74. The Morgan fingerprint density at radius 2 is 2.14 bits per heavy atom. The smallest absolute Gasteiger partial charge is 0.309 e. The second-order valence-electron chi connectivity index (χ2n) is 4.77. The number of rotatable bonds is 7. The monoisotopic (exact) mass is 312 g/mol. The van der Waals surface area contributed by atoms with Crippen molar-refractivity contribution >= 4 is 23.3 Å². The van der Waals surface area contributed by atoms with E-state index in [1.807, 2.05) is 6.92 Å². The number of halogens is 1. The minimum absolute atomic E-state index is 0.327. The van der Waals surface area contributed by atoms with E-state index in [0.717, 1.165) is 24.6 Å². The molecule has 1 amide bonds. The lowest BCUT2D eigenvalue weighted by Crippen LogP contribution is -2.24. The van der Waals surface area contributed by atoms with Crippen molar-refractivity contribution in [3.8, 4) is 0 Å². The lowest BCUT2D eigenvalue weighted by Gasteiger charge is -2.10. The highest BCUT2D eigenvalue weighted by Crippen LogP contribution is 2.21. The Kier molecular flexibility index (Phi) is 6.43. The van der Waals surface area contributed by atoms with E-state index >= 15 is 0 Å². The molecule has 0 bridgehead atoms. The molecule has 0 heterocycles. The molecule has 0 saturated carbocycles. The van der Waals surface area contributed by atoms with Crippen LogP contribution in [0, 0.1) is 21.8 Å². The fourth-order valence-corrected chi connectivity index (χ4v) is 1.74. The normalized spacial score (nSPS) is 11.6. The molecule has 0 unspecified atom stereocenters. The summed E-state index contributed by atoms with van der Waals surface area (Å²) < 4.78 is 18.3. The zero-order chi connectivity index (χ0) is 16.7. The van der Waals surface area contributed by atoms with Crippen molar-refractivity contribution in [1.82, 2.24) is 0 Å². The number of hydrogen-bond donors (Lipinski definition) is 1. The number of anilines is 1. The molecule has 0 aliphatic rings. The van der Waals surface area contributed by atoms with Gasteiger partial charge in [0.05, 0.1) is 16.5 Å². The molecule has 1 rings (SSSR count). The Morgan fingerprint density at radius 1 is 1.45 bits per heavy atom. The second kappa shape index (κ2) is 8.06. The summed E-state index contributed by atoms with van der Waals surface area (Å²) in [6.07, 6.45) is 1.45.